The first kappa shape index (κ1) is 15.5. The maximum atomic E-state index is 11.8. The first-order chi connectivity index (χ1) is 10.8. The van der Waals surface area contributed by atoms with E-state index in [-0.39, 0.29) is 0 Å². The van der Waals surface area contributed by atoms with Crippen LogP contribution in [-0.4, -0.2) is 29.9 Å². The first-order valence-electron chi connectivity index (χ1n) is 8.86. The topological polar surface area (TPSA) is 32.3 Å². The van der Waals surface area contributed by atoms with Gasteiger partial charge in [0.1, 0.15) is 0 Å². The molecule has 1 atom stereocenters. The molecule has 3 nitrogen and oxygen atoms in total. The van der Waals surface area contributed by atoms with Gasteiger partial charge >= 0.3 is 0 Å². The van der Waals surface area contributed by atoms with Gasteiger partial charge in [-0.3, -0.25) is 4.79 Å². The molecule has 3 heteroatoms. The molecule has 22 heavy (non-hydrogen) atoms. The van der Waals surface area contributed by atoms with Gasteiger partial charge in [-0.1, -0.05) is 43.7 Å². The normalized spacial score (nSPS) is 21.4. The minimum Gasteiger partial charge on any atom is -0.343 e. The molecule has 1 aliphatic heterocycles. The Kier molecular flexibility index (Phi) is 5.14. The van der Waals surface area contributed by atoms with Crippen molar-refractivity contribution in [3.63, 3.8) is 0 Å². The van der Waals surface area contributed by atoms with Crippen molar-refractivity contribution in [1.29, 1.82) is 0 Å². The Bertz CT molecular complexity index is 475. The summed E-state index contributed by atoms with van der Waals surface area (Å²) >= 11 is 0. The predicted molar refractivity (Wildman–Crippen MR) is 89.6 cm³/mol. The van der Waals surface area contributed by atoms with E-state index in [0.29, 0.717) is 24.4 Å². The van der Waals surface area contributed by atoms with Crippen LogP contribution in [0.2, 0.25) is 0 Å². The minimum atomic E-state index is 0.303. The quantitative estimate of drug-likeness (QED) is 0.902. The number of rotatable bonds is 5. The summed E-state index contributed by atoms with van der Waals surface area (Å²) in [5.74, 6) is 1.09. The van der Waals surface area contributed by atoms with E-state index < -0.39 is 0 Å². The Labute approximate surface area is 134 Å². The Hall–Kier alpha value is -1.35. The molecule has 2 fully saturated rings. The van der Waals surface area contributed by atoms with E-state index in [1.807, 2.05) is 11.8 Å². The molecular formula is C19H28N2O. The van der Waals surface area contributed by atoms with Crippen LogP contribution in [0.25, 0.3) is 0 Å². The molecule has 1 aromatic rings. The Morgan fingerprint density at radius 3 is 2.41 bits per heavy atom. The summed E-state index contributed by atoms with van der Waals surface area (Å²) in [4.78, 5) is 13.8. The fraction of sp³-hybridized carbons (Fsp3) is 0.632. The monoisotopic (exact) mass is 300 g/mol. The first-order valence-corrected chi connectivity index (χ1v) is 8.86. The highest BCUT2D eigenvalue weighted by Gasteiger charge is 2.31. The molecule has 120 valence electrons. The lowest BCUT2D eigenvalue weighted by atomic mass is 9.76. The average molecular weight is 300 g/mol. The lowest BCUT2D eigenvalue weighted by Crippen LogP contribution is -2.47. The summed E-state index contributed by atoms with van der Waals surface area (Å²) in [5.41, 5.74) is 1.43. The van der Waals surface area contributed by atoms with Gasteiger partial charge < -0.3 is 10.2 Å². The van der Waals surface area contributed by atoms with E-state index >= 15 is 0 Å². The van der Waals surface area contributed by atoms with Crippen molar-refractivity contribution in [2.45, 2.75) is 57.5 Å². The van der Waals surface area contributed by atoms with Crippen LogP contribution in [0, 0.1) is 5.92 Å². The molecule has 1 aromatic carbocycles. The fourth-order valence-electron chi connectivity index (χ4n) is 3.71. The van der Waals surface area contributed by atoms with Crippen LogP contribution in [0.3, 0.4) is 0 Å². The van der Waals surface area contributed by atoms with Gasteiger partial charge in [-0.15, -0.1) is 0 Å². The molecule has 0 spiro atoms. The van der Waals surface area contributed by atoms with Crippen LogP contribution >= 0.6 is 0 Å². The second kappa shape index (κ2) is 7.28. The van der Waals surface area contributed by atoms with Gasteiger partial charge in [-0.2, -0.15) is 0 Å². The van der Waals surface area contributed by atoms with Crippen LogP contribution in [0.1, 0.15) is 57.1 Å². The fourth-order valence-corrected chi connectivity index (χ4v) is 3.71. The number of piperidine rings is 1. The SMILES string of the molecule is CCC(=O)N1CCC(N[C@@H](c2ccccc2)C2CCC2)CC1. The molecule has 2 aliphatic rings. The largest absolute Gasteiger partial charge is 0.343 e. The summed E-state index contributed by atoms with van der Waals surface area (Å²) in [6, 6.07) is 11.9. The number of nitrogens with one attached hydrogen (secondary N) is 1. The molecule has 0 unspecified atom stereocenters. The summed E-state index contributed by atoms with van der Waals surface area (Å²) in [5, 5.41) is 3.91. The van der Waals surface area contributed by atoms with E-state index in [4.69, 9.17) is 0 Å². The number of likely N-dealkylation sites (tertiary alicyclic amines) is 1. The van der Waals surface area contributed by atoms with E-state index in [9.17, 15) is 4.79 Å². The lowest BCUT2D eigenvalue weighted by Gasteiger charge is -2.40. The van der Waals surface area contributed by atoms with Crippen LogP contribution < -0.4 is 5.32 Å². The van der Waals surface area contributed by atoms with Gasteiger partial charge in [-0.05, 0) is 37.2 Å². The third-order valence-electron chi connectivity index (χ3n) is 5.35. The minimum absolute atomic E-state index is 0.303. The Balaban J connectivity index is 1.59. The van der Waals surface area contributed by atoms with E-state index in [0.717, 1.165) is 31.8 Å². The Morgan fingerprint density at radius 1 is 1.18 bits per heavy atom. The highest BCUT2D eigenvalue weighted by Crippen LogP contribution is 2.38. The molecule has 1 aliphatic carbocycles. The molecule has 1 heterocycles. The number of hydrogen-bond acceptors (Lipinski definition) is 2. The molecule has 3 rings (SSSR count). The number of benzene rings is 1. The van der Waals surface area contributed by atoms with Crippen LogP contribution in [-0.2, 0) is 4.79 Å². The van der Waals surface area contributed by atoms with Crippen molar-refractivity contribution < 1.29 is 4.79 Å². The molecule has 1 saturated carbocycles. The third kappa shape index (κ3) is 3.52. The third-order valence-corrected chi connectivity index (χ3v) is 5.35. The maximum absolute atomic E-state index is 11.8. The zero-order chi connectivity index (χ0) is 15.4. The molecule has 1 amide bonds. The molecule has 0 aromatic heterocycles. The van der Waals surface area contributed by atoms with Gasteiger partial charge in [0.25, 0.3) is 0 Å². The van der Waals surface area contributed by atoms with Crippen molar-refractivity contribution in [3.05, 3.63) is 35.9 Å². The van der Waals surface area contributed by atoms with Gasteiger partial charge in [0.05, 0.1) is 0 Å². The zero-order valence-electron chi connectivity index (χ0n) is 13.6. The number of carbonyl (C=O) groups excluding carboxylic acids is 1. The molecular weight excluding hydrogens is 272 g/mol. The molecule has 0 radical (unpaired) electrons. The summed E-state index contributed by atoms with van der Waals surface area (Å²) in [6.45, 7) is 3.78. The number of amides is 1. The van der Waals surface area contributed by atoms with Gasteiger partial charge in [0, 0.05) is 31.6 Å². The van der Waals surface area contributed by atoms with Gasteiger partial charge in [-0.25, -0.2) is 0 Å². The predicted octanol–water partition coefficient (Wildman–Crippen LogP) is 3.52. The van der Waals surface area contributed by atoms with Crippen molar-refractivity contribution >= 4 is 5.91 Å². The second-order valence-electron chi connectivity index (χ2n) is 6.75. The molecule has 1 N–H and O–H groups in total. The Morgan fingerprint density at radius 2 is 1.86 bits per heavy atom. The van der Waals surface area contributed by atoms with E-state index in [2.05, 4.69) is 35.6 Å². The second-order valence-corrected chi connectivity index (χ2v) is 6.75. The highest BCUT2D eigenvalue weighted by atomic mass is 16.2. The number of hydrogen-bond donors (Lipinski definition) is 1. The summed E-state index contributed by atoms with van der Waals surface area (Å²) < 4.78 is 0. The van der Waals surface area contributed by atoms with Gasteiger partial charge in [0.15, 0.2) is 0 Å². The average Bonchev–Trinajstić information content (AvgIpc) is 2.53. The summed E-state index contributed by atoms with van der Waals surface area (Å²) in [7, 11) is 0. The zero-order valence-corrected chi connectivity index (χ0v) is 13.6. The lowest BCUT2D eigenvalue weighted by molar-refractivity contribution is -0.132. The summed E-state index contributed by atoms with van der Waals surface area (Å²) in [6.07, 6.45) is 6.87. The number of carbonyl (C=O) groups is 1. The van der Waals surface area contributed by atoms with Crippen molar-refractivity contribution in [2.24, 2.45) is 5.92 Å². The van der Waals surface area contributed by atoms with Crippen LogP contribution in [0.4, 0.5) is 0 Å². The van der Waals surface area contributed by atoms with Crippen molar-refractivity contribution in [2.75, 3.05) is 13.1 Å². The molecule has 1 saturated heterocycles. The van der Waals surface area contributed by atoms with E-state index in [1.54, 1.807) is 0 Å². The van der Waals surface area contributed by atoms with E-state index in [1.165, 1.54) is 24.8 Å². The van der Waals surface area contributed by atoms with Gasteiger partial charge in [0.2, 0.25) is 5.91 Å². The van der Waals surface area contributed by atoms with Crippen LogP contribution in [0.15, 0.2) is 30.3 Å². The molecule has 0 bridgehead atoms. The standard InChI is InChI=1S/C19H28N2O/c1-2-18(22)21-13-11-17(12-14-21)20-19(16-9-6-10-16)15-7-4-3-5-8-15/h3-5,7-8,16-17,19-20H,2,6,9-14H2,1H3/t19-/m0/s1. The van der Waals surface area contributed by atoms with Crippen molar-refractivity contribution in [1.82, 2.24) is 10.2 Å². The van der Waals surface area contributed by atoms with Crippen LogP contribution in [0.5, 0.6) is 0 Å². The smallest absolute Gasteiger partial charge is 0.222 e. The number of nitrogens with zero attached hydrogens (tertiary/aromatic N) is 1. The van der Waals surface area contributed by atoms with Crippen molar-refractivity contribution in [3.8, 4) is 0 Å². The maximum Gasteiger partial charge on any atom is 0.222 e. The highest BCUT2D eigenvalue weighted by molar-refractivity contribution is 5.75.